The highest BCUT2D eigenvalue weighted by Gasteiger charge is 2.52. The van der Waals surface area contributed by atoms with Gasteiger partial charge in [-0.25, -0.2) is 0 Å². The topological polar surface area (TPSA) is 69.6 Å². The quantitative estimate of drug-likeness (QED) is 0.880. The van der Waals surface area contributed by atoms with Crippen LogP contribution in [0.3, 0.4) is 0 Å². The molecule has 1 aromatic carbocycles. The first-order valence-corrected chi connectivity index (χ1v) is 7.47. The van der Waals surface area contributed by atoms with Crippen LogP contribution in [0, 0.1) is 25.7 Å². The van der Waals surface area contributed by atoms with Crippen molar-refractivity contribution >= 4 is 17.6 Å². The van der Waals surface area contributed by atoms with Gasteiger partial charge in [-0.05, 0) is 37.1 Å². The zero-order chi connectivity index (χ0) is 18.1. The second-order valence-electron chi connectivity index (χ2n) is 6.13. The molecule has 0 aliphatic carbocycles. The number of hydrogen-bond donors (Lipinski definition) is 2. The summed E-state index contributed by atoms with van der Waals surface area (Å²) in [6.45, 7) is 2.76. The Morgan fingerprint density at radius 1 is 1.25 bits per heavy atom. The Morgan fingerprint density at radius 2 is 1.92 bits per heavy atom. The normalized spacial score (nSPS) is 21.7. The zero-order valence-electron chi connectivity index (χ0n) is 13.4. The third-order valence-corrected chi connectivity index (χ3v) is 4.29. The second kappa shape index (κ2) is 6.80. The Bertz CT molecular complexity index is 646. The molecule has 1 fully saturated rings. The lowest BCUT2D eigenvalue weighted by Gasteiger charge is -2.18. The van der Waals surface area contributed by atoms with Crippen molar-refractivity contribution in [2.24, 2.45) is 11.8 Å². The van der Waals surface area contributed by atoms with Gasteiger partial charge in [0, 0.05) is 18.8 Å². The Labute approximate surface area is 137 Å². The summed E-state index contributed by atoms with van der Waals surface area (Å²) in [7, 11) is 0. The third kappa shape index (κ3) is 4.25. The maximum absolute atomic E-state index is 12.9. The molecule has 0 aromatic heterocycles. The SMILES string of the molecule is Cc1ccc(NC(=O)CN2C[C@@H](C(F)(F)F)[C@H](C(=O)O)C2)cc1C. The van der Waals surface area contributed by atoms with E-state index in [4.69, 9.17) is 5.11 Å². The van der Waals surface area contributed by atoms with Gasteiger partial charge in [-0.1, -0.05) is 6.07 Å². The van der Waals surface area contributed by atoms with Crippen molar-refractivity contribution in [3.05, 3.63) is 29.3 Å². The van der Waals surface area contributed by atoms with Crippen LogP contribution >= 0.6 is 0 Å². The minimum absolute atomic E-state index is 0.275. The van der Waals surface area contributed by atoms with E-state index in [2.05, 4.69) is 5.32 Å². The molecule has 1 heterocycles. The average molecular weight is 344 g/mol. The van der Waals surface area contributed by atoms with E-state index in [1.807, 2.05) is 19.9 Å². The second-order valence-corrected chi connectivity index (χ2v) is 6.13. The molecule has 1 saturated heterocycles. The van der Waals surface area contributed by atoms with E-state index in [0.29, 0.717) is 5.69 Å². The van der Waals surface area contributed by atoms with Crippen LogP contribution in [0.25, 0.3) is 0 Å². The molecular weight excluding hydrogens is 325 g/mol. The number of carbonyl (C=O) groups is 2. The number of aliphatic carboxylic acids is 1. The minimum Gasteiger partial charge on any atom is -0.481 e. The first-order chi connectivity index (χ1) is 11.1. The van der Waals surface area contributed by atoms with E-state index in [9.17, 15) is 22.8 Å². The summed E-state index contributed by atoms with van der Waals surface area (Å²) < 4.78 is 38.8. The molecule has 2 rings (SSSR count). The summed E-state index contributed by atoms with van der Waals surface area (Å²) in [6, 6.07) is 5.32. The van der Waals surface area contributed by atoms with E-state index in [1.165, 1.54) is 4.90 Å². The Balaban J connectivity index is 1.99. The Hall–Kier alpha value is -2.09. The number of amides is 1. The summed E-state index contributed by atoms with van der Waals surface area (Å²) in [4.78, 5) is 24.3. The minimum atomic E-state index is -4.59. The Morgan fingerprint density at radius 3 is 2.42 bits per heavy atom. The standard InChI is InChI=1S/C16H19F3N2O3/c1-9-3-4-11(5-10(9)2)20-14(22)8-21-6-12(15(23)24)13(7-21)16(17,18)19/h3-5,12-13H,6-8H2,1-2H3,(H,20,22)(H,23,24)/t12-,13-/m1/s1. The molecule has 0 bridgehead atoms. The van der Waals surface area contributed by atoms with Gasteiger partial charge in [0.15, 0.2) is 0 Å². The fraction of sp³-hybridized carbons (Fsp3) is 0.500. The van der Waals surface area contributed by atoms with Crippen LogP contribution in [-0.4, -0.2) is 47.7 Å². The lowest BCUT2D eigenvalue weighted by Crippen LogP contribution is -2.34. The van der Waals surface area contributed by atoms with Crippen LogP contribution in [0.15, 0.2) is 18.2 Å². The van der Waals surface area contributed by atoms with Crippen molar-refractivity contribution in [1.82, 2.24) is 4.90 Å². The highest BCUT2D eigenvalue weighted by atomic mass is 19.4. The molecule has 5 nitrogen and oxygen atoms in total. The molecule has 2 atom stereocenters. The third-order valence-electron chi connectivity index (χ3n) is 4.29. The smallest absolute Gasteiger partial charge is 0.393 e. The lowest BCUT2D eigenvalue weighted by molar-refractivity contribution is -0.188. The molecule has 8 heteroatoms. The van der Waals surface area contributed by atoms with Crippen molar-refractivity contribution in [2.75, 3.05) is 25.0 Å². The van der Waals surface area contributed by atoms with Crippen molar-refractivity contribution in [1.29, 1.82) is 0 Å². The number of rotatable bonds is 4. The number of likely N-dealkylation sites (tertiary alicyclic amines) is 1. The highest BCUT2D eigenvalue weighted by Crippen LogP contribution is 2.37. The number of nitrogens with zero attached hydrogens (tertiary/aromatic N) is 1. The maximum Gasteiger partial charge on any atom is 0.393 e. The molecule has 1 amide bonds. The summed E-state index contributed by atoms with van der Waals surface area (Å²) >= 11 is 0. The van der Waals surface area contributed by atoms with Gasteiger partial charge >= 0.3 is 12.1 Å². The molecule has 0 radical (unpaired) electrons. The molecule has 0 unspecified atom stereocenters. The Kier molecular flexibility index (Phi) is 5.17. The van der Waals surface area contributed by atoms with Gasteiger partial charge in [0.05, 0.1) is 18.4 Å². The van der Waals surface area contributed by atoms with E-state index in [1.54, 1.807) is 12.1 Å². The van der Waals surface area contributed by atoms with Gasteiger partial charge < -0.3 is 10.4 Å². The van der Waals surface area contributed by atoms with Crippen LogP contribution in [0.4, 0.5) is 18.9 Å². The van der Waals surface area contributed by atoms with E-state index in [-0.39, 0.29) is 13.1 Å². The average Bonchev–Trinajstić information content (AvgIpc) is 2.87. The molecule has 2 N–H and O–H groups in total. The van der Waals surface area contributed by atoms with E-state index < -0.39 is 36.4 Å². The van der Waals surface area contributed by atoms with Crippen LogP contribution in [0.1, 0.15) is 11.1 Å². The van der Waals surface area contributed by atoms with E-state index in [0.717, 1.165) is 11.1 Å². The van der Waals surface area contributed by atoms with Crippen LogP contribution in [0.2, 0.25) is 0 Å². The number of hydrogen-bond acceptors (Lipinski definition) is 3. The first-order valence-electron chi connectivity index (χ1n) is 7.47. The summed E-state index contributed by atoms with van der Waals surface area (Å²) in [5, 5.41) is 11.6. The summed E-state index contributed by atoms with van der Waals surface area (Å²) in [5.74, 6) is -5.46. The number of carbonyl (C=O) groups excluding carboxylic acids is 1. The number of nitrogens with one attached hydrogen (secondary N) is 1. The molecule has 0 spiro atoms. The van der Waals surface area contributed by atoms with Crippen LogP contribution in [0.5, 0.6) is 0 Å². The predicted octanol–water partition coefficient (Wildman–Crippen LogP) is 2.44. The lowest BCUT2D eigenvalue weighted by atomic mass is 9.96. The van der Waals surface area contributed by atoms with E-state index >= 15 is 0 Å². The molecule has 1 aliphatic rings. The molecule has 0 saturated carbocycles. The number of aryl methyl sites for hydroxylation is 2. The van der Waals surface area contributed by atoms with Crippen LogP contribution in [-0.2, 0) is 9.59 Å². The number of carboxylic acids is 1. The van der Waals surface area contributed by atoms with Crippen molar-refractivity contribution in [2.45, 2.75) is 20.0 Å². The number of halogens is 3. The summed E-state index contributed by atoms with van der Waals surface area (Å²) in [5.41, 5.74) is 2.60. The monoisotopic (exact) mass is 344 g/mol. The van der Waals surface area contributed by atoms with Gasteiger partial charge in [-0.2, -0.15) is 13.2 Å². The summed E-state index contributed by atoms with van der Waals surface area (Å²) in [6.07, 6.45) is -4.59. The maximum atomic E-state index is 12.9. The van der Waals surface area contributed by atoms with Crippen molar-refractivity contribution < 1.29 is 27.9 Å². The van der Waals surface area contributed by atoms with Crippen LogP contribution < -0.4 is 5.32 Å². The number of anilines is 1. The van der Waals surface area contributed by atoms with Gasteiger partial charge in [0.25, 0.3) is 0 Å². The van der Waals surface area contributed by atoms with Gasteiger partial charge in [-0.3, -0.25) is 14.5 Å². The fourth-order valence-corrected chi connectivity index (χ4v) is 2.82. The molecule has 1 aliphatic heterocycles. The number of benzene rings is 1. The van der Waals surface area contributed by atoms with Crippen molar-refractivity contribution in [3.8, 4) is 0 Å². The fourth-order valence-electron chi connectivity index (χ4n) is 2.82. The first kappa shape index (κ1) is 18.3. The molecule has 1 aromatic rings. The van der Waals surface area contributed by atoms with Gasteiger partial charge in [0.2, 0.25) is 5.91 Å². The van der Waals surface area contributed by atoms with Gasteiger partial charge in [0.1, 0.15) is 0 Å². The number of carboxylic acid groups (broad SMARTS) is 1. The van der Waals surface area contributed by atoms with Crippen molar-refractivity contribution in [3.63, 3.8) is 0 Å². The zero-order valence-corrected chi connectivity index (χ0v) is 13.4. The van der Waals surface area contributed by atoms with Gasteiger partial charge in [-0.15, -0.1) is 0 Å². The largest absolute Gasteiger partial charge is 0.481 e. The molecule has 24 heavy (non-hydrogen) atoms. The highest BCUT2D eigenvalue weighted by molar-refractivity contribution is 5.92. The number of alkyl halides is 3. The predicted molar refractivity (Wildman–Crippen MR) is 81.7 cm³/mol. The molecule has 132 valence electrons. The molecular formula is C16H19F3N2O3.